The lowest BCUT2D eigenvalue weighted by Gasteiger charge is -2.19. The van der Waals surface area contributed by atoms with Crippen molar-refractivity contribution in [1.29, 1.82) is 0 Å². The van der Waals surface area contributed by atoms with Crippen molar-refractivity contribution in [3.63, 3.8) is 0 Å². The number of rotatable bonds is 16. The first kappa shape index (κ1) is 31.3. The standard InChI is InChI=1S/C26H44N4O6/c1-16(2)12-21(24(33)27-14-17(3)4)35-29-22(31)10-9-11-23(32)30-36-26(13-20(26)19(7)8)25(34)28-15-18(5)6/h9-10,16-17,19-21H,5,11-15H2,1-4,6-8H3,(H,27,33)(H,28,34)(H,29,31)(H,30,32)/b10-9+/t20?,21-,26?/m1/s1. The zero-order chi connectivity index (χ0) is 27.5. The van der Waals surface area contributed by atoms with Gasteiger partial charge in [-0.05, 0) is 37.5 Å². The van der Waals surface area contributed by atoms with Gasteiger partial charge in [-0.2, -0.15) is 0 Å². The van der Waals surface area contributed by atoms with E-state index in [1.165, 1.54) is 6.08 Å². The molecular weight excluding hydrogens is 464 g/mol. The summed E-state index contributed by atoms with van der Waals surface area (Å²) >= 11 is 0. The molecule has 1 rings (SSSR count). The Balaban J connectivity index is 2.52. The minimum Gasteiger partial charge on any atom is -0.354 e. The Labute approximate surface area is 214 Å². The van der Waals surface area contributed by atoms with Crippen molar-refractivity contribution in [3.8, 4) is 0 Å². The van der Waals surface area contributed by atoms with Gasteiger partial charge in [0.05, 0.1) is 0 Å². The predicted octanol–water partition coefficient (Wildman–Crippen LogP) is 2.32. The van der Waals surface area contributed by atoms with E-state index in [1.54, 1.807) is 0 Å². The second kappa shape index (κ2) is 14.7. The molecule has 1 fully saturated rings. The quantitative estimate of drug-likeness (QED) is 0.144. The van der Waals surface area contributed by atoms with E-state index in [9.17, 15) is 19.2 Å². The highest BCUT2D eigenvalue weighted by molar-refractivity contribution is 5.90. The molecule has 1 aliphatic carbocycles. The van der Waals surface area contributed by atoms with Gasteiger partial charge < -0.3 is 10.6 Å². The van der Waals surface area contributed by atoms with Gasteiger partial charge in [-0.15, -0.1) is 0 Å². The van der Waals surface area contributed by atoms with Gasteiger partial charge in [0.25, 0.3) is 17.7 Å². The molecule has 0 aromatic heterocycles. The van der Waals surface area contributed by atoms with Gasteiger partial charge in [-0.3, -0.25) is 28.9 Å². The van der Waals surface area contributed by atoms with Gasteiger partial charge in [-0.25, -0.2) is 11.0 Å². The minimum absolute atomic E-state index is 0.0158. The smallest absolute Gasteiger partial charge is 0.267 e. The third kappa shape index (κ3) is 10.9. The molecule has 4 N–H and O–H groups in total. The fourth-order valence-electron chi connectivity index (χ4n) is 3.53. The fourth-order valence-corrected chi connectivity index (χ4v) is 3.53. The summed E-state index contributed by atoms with van der Waals surface area (Å²) < 4.78 is 0. The van der Waals surface area contributed by atoms with E-state index in [0.29, 0.717) is 25.9 Å². The highest BCUT2D eigenvalue weighted by atomic mass is 16.7. The average molecular weight is 509 g/mol. The van der Waals surface area contributed by atoms with E-state index < -0.39 is 23.5 Å². The van der Waals surface area contributed by atoms with Gasteiger partial charge in [0.1, 0.15) is 0 Å². The largest absolute Gasteiger partial charge is 0.354 e. The normalized spacial score (nSPS) is 19.9. The summed E-state index contributed by atoms with van der Waals surface area (Å²) in [4.78, 5) is 60.2. The maximum absolute atomic E-state index is 12.6. The summed E-state index contributed by atoms with van der Waals surface area (Å²) in [6.07, 6.45) is 2.46. The first-order valence-corrected chi connectivity index (χ1v) is 12.6. The van der Waals surface area contributed by atoms with Gasteiger partial charge in [0, 0.05) is 31.5 Å². The van der Waals surface area contributed by atoms with Crippen LogP contribution < -0.4 is 21.6 Å². The SMILES string of the molecule is C=C(C)CNC(=O)C1(ONC(=O)C/C=C/C(=O)NO[C@H](CC(C)C)C(=O)NCC(C)C)CC1C(C)C. The molecule has 0 spiro atoms. The molecule has 0 heterocycles. The molecule has 0 aromatic carbocycles. The number of amides is 4. The number of carbonyl (C=O) groups excluding carboxylic acids is 4. The van der Waals surface area contributed by atoms with Crippen LogP contribution in [-0.2, 0) is 28.9 Å². The first-order chi connectivity index (χ1) is 16.8. The van der Waals surface area contributed by atoms with Crippen LogP contribution in [0.4, 0.5) is 0 Å². The van der Waals surface area contributed by atoms with Crippen LogP contribution in [0.15, 0.2) is 24.3 Å². The van der Waals surface area contributed by atoms with E-state index >= 15 is 0 Å². The van der Waals surface area contributed by atoms with Gasteiger partial charge in [0.2, 0.25) is 5.91 Å². The fraction of sp³-hybridized carbons (Fsp3) is 0.692. The van der Waals surface area contributed by atoms with E-state index in [-0.39, 0.29) is 41.9 Å². The summed E-state index contributed by atoms with van der Waals surface area (Å²) in [6, 6.07) is 0. The molecule has 0 aromatic rings. The minimum atomic E-state index is -1.10. The number of hydrogen-bond donors (Lipinski definition) is 4. The van der Waals surface area contributed by atoms with E-state index in [0.717, 1.165) is 11.6 Å². The molecule has 10 nitrogen and oxygen atoms in total. The molecule has 0 bridgehead atoms. The Morgan fingerprint density at radius 3 is 2.22 bits per heavy atom. The second-order valence-corrected chi connectivity index (χ2v) is 10.7. The van der Waals surface area contributed by atoms with Crippen molar-refractivity contribution >= 4 is 23.6 Å². The molecule has 1 aliphatic rings. The maximum atomic E-state index is 12.6. The number of nitrogens with one attached hydrogen (secondary N) is 4. The first-order valence-electron chi connectivity index (χ1n) is 12.6. The van der Waals surface area contributed by atoms with Crippen LogP contribution in [0.3, 0.4) is 0 Å². The van der Waals surface area contributed by atoms with Crippen molar-refractivity contribution in [1.82, 2.24) is 21.6 Å². The summed E-state index contributed by atoms with van der Waals surface area (Å²) in [5, 5.41) is 5.58. The monoisotopic (exact) mass is 508 g/mol. The molecule has 10 heteroatoms. The van der Waals surface area contributed by atoms with Crippen LogP contribution in [0.2, 0.25) is 0 Å². The van der Waals surface area contributed by atoms with Crippen molar-refractivity contribution in [2.45, 2.75) is 79.4 Å². The Morgan fingerprint density at radius 1 is 1.03 bits per heavy atom. The van der Waals surface area contributed by atoms with Crippen LogP contribution >= 0.6 is 0 Å². The van der Waals surface area contributed by atoms with E-state index in [1.807, 2.05) is 48.5 Å². The molecule has 204 valence electrons. The predicted molar refractivity (Wildman–Crippen MR) is 137 cm³/mol. The topological polar surface area (TPSA) is 135 Å². The number of carbonyl (C=O) groups is 4. The molecular formula is C26H44N4O6. The van der Waals surface area contributed by atoms with Gasteiger partial charge in [0.15, 0.2) is 11.7 Å². The highest BCUT2D eigenvalue weighted by Crippen LogP contribution is 2.51. The zero-order valence-electron chi connectivity index (χ0n) is 22.7. The highest BCUT2D eigenvalue weighted by Gasteiger charge is 2.63. The Kier molecular flexibility index (Phi) is 12.8. The van der Waals surface area contributed by atoms with E-state index in [2.05, 4.69) is 28.2 Å². The second-order valence-electron chi connectivity index (χ2n) is 10.7. The lowest BCUT2D eigenvalue weighted by atomic mass is 10.1. The van der Waals surface area contributed by atoms with E-state index in [4.69, 9.17) is 9.68 Å². The summed E-state index contributed by atoms with van der Waals surface area (Å²) in [5.41, 5.74) is 4.28. The van der Waals surface area contributed by atoms with Crippen LogP contribution in [0, 0.1) is 23.7 Å². The van der Waals surface area contributed by atoms with Crippen molar-refractivity contribution in [2.24, 2.45) is 23.7 Å². The third-order valence-corrected chi connectivity index (χ3v) is 5.59. The molecule has 0 saturated heterocycles. The Hall–Kier alpha value is -2.72. The molecule has 36 heavy (non-hydrogen) atoms. The summed E-state index contributed by atoms with van der Waals surface area (Å²) in [7, 11) is 0. The summed E-state index contributed by atoms with van der Waals surface area (Å²) in [6.45, 7) is 18.3. The molecule has 2 unspecified atom stereocenters. The molecule has 0 radical (unpaired) electrons. The van der Waals surface area contributed by atoms with Crippen molar-refractivity contribution in [3.05, 3.63) is 24.3 Å². The van der Waals surface area contributed by atoms with Crippen molar-refractivity contribution in [2.75, 3.05) is 13.1 Å². The third-order valence-electron chi connectivity index (χ3n) is 5.59. The van der Waals surface area contributed by atoms with Crippen LogP contribution in [0.5, 0.6) is 0 Å². The van der Waals surface area contributed by atoms with Gasteiger partial charge >= 0.3 is 0 Å². The molecule has 3 atom stereocenters. The van der Waals surface area contributed by atoms with Crippen LogP contribution in [0.1, 0.15) is 67.7 Å². The van der Waals surface area contributed by atoms with Crippen LogP contribution in [0.25, 0.3) is 0 Å². The van der Waals surface area contributed by atoms with Gasteiger partial charge in [-0.1, -0.05) is 59.8 Å². The van der Waals surface area contributed by atoms with Crippen LogP contribution in [-0.4, -0.2) is 48.4 Å². The Morgan fingerprint density at radius 2 is 1.69 bits per heavy atom. The lowest BCUT2D eigenvalue weighted by Crippen LogP contribution is -2.45. The molecule has 1 saturated carbocycles. The molecule has 0 aliphatic heterocycles. The summed E-state index contributed by atoms with van der Waals surface area (Å²) in [5.74, 6) is -1.03. The number of hydrogen-bond acceptors (Lipinski definition) is 6. The maximum Gasteiger partial charge on any atom is 0.267 e. The Bertz CT molecular complexity index is 823. The average Bonchev–Trinajstić information content (AvgIpc) is 3.53. The lowest BCUT2D eigenvalue weighted by molar-refractivity contribution is -0.154. The number of hydroxylamine groups is 2. The van der Waals surface area contributed by atoms with Crippen molar-refractivity contribution < 1.29 is 28.9 Å². The zero-order valence-corrected chi connectivity index (χ0v) is 22.7. The molecule has 4 amide bonds.